The quantitative estimate of drug-likeness (QED) is 0.710. The summed E-state index contributed by atoms with van der Waals surface area (Å²) < 4.78 is 0. The molecule has 4 nitrogen and oxygen atoms in total. The first-order valence-corrected chi connectivity index (χ1v) is 12.3. The predicted octanol–water partition coefficient (Wildman–Crippen LogP) is 5.06. The van der Waals surface area contributed by atoms with Gasteiger partial charge in [-0.25, -0.2) is 0 Å². The van der Waals surface area contributed by atoms with Crippen LogP contribution in [0.4, 0.5) is 0 Å². The lowest BCUT2D eigenvalue weighted by atomic mass is 9.62. The van der Waals surface area contributed by atoms with Gasteiger partial charge in [-0.1, -0.05) is 66.9 Å². The second-order valence-corrected chi connectivity index (χ2v) is 10.3. The highest BCUT2D eigenvalue weighted by atomic mass is 35.5. The lowest BCUT2D eigenvalue weighted by Crippen LogP contribution is -2.55. The fourth-order valence-corrected chi connectivity index (χ4v) is 6.58. The molecule has 2 saturated heterocycles. The van der Waals surface area contributed by atoms with Gasteiger partial charge in [0.05, 0.1) is 5.41 Å². The number of halogens is 1. The minimum Gasteiger partial charge on any atom is -0.355 e. The first-order chi connectivity index (χ1) is 15.5. The zero-order valence-electron chi connectivity index (χ0n) is 18.5. The molecule has 5 heteroatoms. The van der Waals surface area contributed by atoms with E-state index in [1.165, 1.54) is 11.1 Å². The van der Waals surface area contributed by atoms with Crippen molar-refractivity contribution < 1.29 is 9.59 Å². The van der Waals surface area contributed by atoms with Crippen LogP contribution in [0.1, 0.15) is 62.0 Å². The Balaban J connectivity index is 1.37. The summed E-state index contributed by atoms with van der Waals surface area (Å²) in [4.78, 5) is 28.4. The van der Waals surface area contributed by atoms with Crippen LogP contribution in [-0.4, -0.2) is 36.3 Å². The molecule has 1 spiro atoms. The number of benzene rings is 2. The second kappa shape index (κ2) is 8.55. The van der Waals surface area contributed by atoms with Crippen molar-refractivity contribution in [1.82, 2.24) is 10.2 Å². The Labute approximate surface area is 195 Å². The molecule has 2 heterocycles. The lowest BCUT2D eigenvalue weighted by molar-refractivity contribution is -0.141. The molecule has 1 N–H and O–H groups in total. The molecule has 0 aromatic heterocycles. The third-order valence-corrected chi connectivity index (χ3v) is 8.52. The third kappa shape index (κ3) is 3.73. The fraction of sp³-hybridized carbons (Fsp3) is 0.481. The van der Waals surface area contributed by atoms with Crippen molar-refractivity contribution in [2.75, 3.05) is 19.6 Å². The van der Waals surface area contributed by atoms with Gasteiger partial charge >= 0.3 is 0 Å². The van der Waals surface area contributed by atoms with Crippen molar-refractivity contribution in [1.29, 1.82) is 0 Å². The van der Waals surface area contributed by atoms with Gasteiger partial charge in [0.15, 0.2) is 0 Å². The number of nitrogens with one attached hydrogen (secondary N) is 1. The average Bonchev–Trinajstić information content (AvgIpc) is 3.32. The van der Waals surface area contributed by atoms with Crippen LogP contribution in [0.2, 0.25) is 5.02 Å². The first-order valence-electron chi connectivity index (χ1n) is 11.9. The molecular weight excluding hydrogens is 420 g/mol. The summed E-state index contributed by atoms with van der Waals surface area (Å²) in [6.07, 6.45) is 6.36. The number of carbonyl (C=O) groups is 2. The molecule has 0 radical (unpaired) electrons. The summed E-state index contributed by atoms with van der Waals surface area (Å²) in [7, 11) is 0. The molecule has 3 fully saturated rings. The maximum Gasteiger partial charge on any atom is 0.233 e. The van der Waals surface area contributed by atoms with Gasteiger partial charge in [0.25, 0.3) is 0 Å². The molecule has 1 saturated carbocycles. The Kier molecular flexibility index (Phi) is 5.75. The number of rotatable bonds is 3. The Morgan fingerprint density at radius 1 is 0.938 bits per heavy atom. The van der Waals surface area contributed by atoms with E-state index in [9.17, 15) is 9.59 Å². The van der Waals surface area contributed by atoms with E-state index < -0.39 is 0 Å². The second-order valence-electron chi connectivity index (χ2n) is 9.89. The summed E-state index contributed by atoms with van der Waals surface area (Å²) >= 11 is 6.12. The van der Waals surface area contributed by atoms with E-state index in [1.807, 2.05) is 30.3 Å². The van der Waals surface area contributed by atoms with Crippen molar-refractivity contribution in [3.63, 3.8) is 0 Å². The minimum atomic E-state index is -0.370. The molecule has 32 heavy (non-hydrogen) atoms. The molecule has 2 aromatic rings. The number of amides is 2. The van der Waals surface area contributed by atoms with E-state index in [2.05, 4.69) is 34.5 Å². The summed E-state index contributed by atoms with van der Waals surface area (Å²) in [6.45, 7) is 2.11. The standard InChI is InChI=1S/C27H31ClN2O2/c28-22-10-8-20(9-11-22)23-19-29-24(31)18-26(23)14-16-30(17-15-26)25(32)27(12-4-5-13-27)21-6-2-1-3-7-21/h1-3,6-11,23H,4-5,12-19H2,(H,29,31)/t23-/m0/s1. The van der Waals surface area contributed by atoms with Gasteiger partial charge in [-0.3, -0.25) is 9.59 Å². The zero-order chi connectivity index (χ0) is 22.2. The first kappa shape index (κ1) is 21.5. The Morgan fingerprint density at radius 3 is 2.25 bits per heavy atom. The number of carbonyl (C=O) groups excluding carboxylic acids is 2. The molecule has 1 atom stereocenters. The van der Waals surface area contributed by atoms with Crippen LogP contribution in [0.25, 0.3) is 0 Å². The van der Waals surface area contributed by atoms with Crippen molar-refractivity contribution in [2.45, 2.75) is 56.3 Å². The smallest absolute Gasteiger partial charge is 0.233 e. The number of piperidine rings is 2. The van der Waals surface area contributed by atoms with Crippen molar-refractivity contribution in [2.24, 2.45) is 5.41 Å². The van der Waals surface area contributed by atoms with Gasteiger partial charge < -0.3 is 10.2 Å². The summed E-state index contributed by atoms with van der Waals surface area (Å²) in [5, 5.41) is 3.80. The molecule has 0 bridgehead atoms. The lowest BCUT2D eigenvalue weighted by Gasteiger charge is -2.50. The van der Waals surface area contributed by atoms with E-state index in [0.717, 1.165) is 56.6 Å². The van der Waals surface area contributed by atoms with Gasteiger partial charge in [-0.05, 0) is 54.4 Å². The largest absolute Gasteiger partial charge is 0.355 e. The molecule has 3 aliphatic rings. The van der Waals surface area contributed by atoms with E-state index in [1.54, 1.807) is 0 Å². The molecule has 5 rings (SSSR count). The average molecular weight is 451 g/mol. The van der Waals surface area contributed by atoms with Gasteiger partial charge in [-0.15, -0.1) is 0 Å². The Hall–Kier alpha value is -2.33. The predicted molar refractivity (Wildman–Crippen MR) is 127 cm³/mol. The SMILES string of the molecule is O=C1CC2(CCN(C(=O)C3(c4ccccc4)CCCC3)CC2)[C@H](c2ccc(Cl)cc2)CN1. The van der Waals surface area contributed by atoms with Crippen LogP contribution in [0.3, 0.4) is 0 Å². The highest BCUT2D eigenvalue weighted by Crippen LogP contribution is 2.50. The van der Waals surface area contributed by atoms with Gasteiger partial charge in [-0.2, -0.15) is 0 Å². The van der Waals surface area contributed by atoms with Crippen molar-refractivity contribution >= 4 is 23.4 Å². The Bertz CT molecular complexity index is 974. The van der Waals surface area contributed by atoms with E-state index in [-0.39, 0.29) is 22.7 Å². The summed E-state index contributed by atoms with van der Waals surface area (Å²) in [5.41, 5.74) is 1.93. The molecule has 2 amide bonds. The zero-order valence-corrected chi connectivity index (χ0v) is 19.2. The number of likely N-dealkylation sites (tertiary alicyclic amines) is 1. The summed E-state index contributed by atoms with van der Waals surface area (Å²) in [6, 6.07) is 18.4. The molecule has 2 aromatic carbocycles. The normalized spacial score (nSPS) is 24.3. The van der Waals surface area contributed by atoms with E-state index in [0.29, 0.717) is 18.9 Å². The van der Waals surface area contributed by atoms with Gasteiger partial charge in [0.2, 0.25) is 11.8 Å². The van der Waals surface area contributed by atoms with Crippen molar-refractivity contribution in [3.05, 3.63) is 70.7 Å². The van der Waals surface area contributed by atoms with E-state index >= 15 is 0 Å². The number of nitrogens with zero attached hydrogens (tertiary/aromatic N) is 1. The van der Waals surface area contributed by atoms with Crippen LogP contribution >= 0.6 is 11.6 Å². The van der Waals surface area contributed by atoms with Crippen molar-refractivity contribution in [3.8, 4) is 0 Å². The van der Waals surface area contributed by atoms with E-state index in [4.69, 9.17) is 11.6 Å². The molecule has 0 unspecified atom stereocenters. The highest BCUT2D eigenvalue weighted by Gasteiger charge is 2.50. The molecular formula is C27H31ClN2O2. The number of hydrogen-bond donors (Lipinski definition) is 1. The van der Waals surface area contributed by atoms with Crippen LogP contribution < -0.4 is 5.32 Å². The van der Waals surface area contributed by atoms with Gasteiger partial charge in [0.1, 0.15) is 0 Å². The topological polar surface area (TPSA) is 49.4 Å². The summed E-state index contributed by atoms with van der Waals surface area (Å²) in [5.74, 6) is 0.676. The fourth-order valence-electron chi connectivity index (χ4n) is 6.45. The molecule has 168 valence electrons. The van der Waals surface area contributed by atoms with Crippen LogP contribution in [-0.2, 0) is 15.0 Å². The maximum absolute atomic E-state index is 13.9. The number of hydrogen-bond acceptors (Lipinski definition) is 2. The third-order valence-electron chi connectivity index (χ3n) is 8.27. The van der Waals surface area contributed by atoms with Crippen LogP contribution in [0.15, 0.2) is 54.6 Å². The Morgan fingerprint density at radius 2 is 1.59 bits per heavy atom. The van der Waals surface area contributed by atoms with Crippen LogP contribution in [0, 0.1) is 5.41 Å². The molecule has 1 aliphatic carbocycles. The van der Waals surface area contributed by atoms with Gasteiger partial charge in [0, 0.05) is 37.0 Å². The highest BCUT2D eigenvalue weighted by molar-refractivity contribution is 6.30. The monoisotopic (exact) mass is 450 g/mol. The maximum atomic E-state index is 13.9. The van der Waals surface area contributed by atoms with Crippen LogP contribution in [0.5, 0.6) is 0 Å². The minimum absolute atomic E-state index is 0.0947. The molecule has 2 aliphatic heterocycles.